The summed E-state index contributed by atoms with van der Waals surface area (Å²) in [5.74, 6) is 0.828. The van der Waals surface area contributed by atoms with Gasteiger partial charge in [0.1, 0.15) is 17.9 Å². The first-order valence-electron chi connectivity index (χ1n) is 9.59. The molecular formula is C22H26N4O4. The number of aromatic nitrogens is 3. The van der Waals surface area contributed by atoms with Crippen molar-refractivity contribution in [1.29, 1.82) is 0 Å². The van der Waals surface area contributed by atoms with Gasteiger partial charge in [0, 0.05) is 31.0 Å². The van der Waals surface area contributed by atoms with Crippen LogP contribution in [0.2, 0.25) is 0 Å². The van der Waals surface area contributed by atoms with Crippen molar-refractivity contribution in [3.63, 3.8) is 0 Å². The van der Waals surface area contributed by atoms with E-state index in [1.165, 1.54) is 14.2 Å². The second-order valence-electron chi connectivity index (χ2n) is 6.81. The third-order valence-corrected chi connectivity index (χ3v) is 4.64. The number of amides is 1. The molecule has 3 rings (SSSR count). The van der Waals surface area contributed by atoms with Crippen LogP contribution < -0.4 is 19.5 Å². The number of carbonyl (C=O) groups is 1. The van der Waals surface area contributed by atoms with Crippen LogP contribution >= 0.6 is 0 Å². The molecule has 0 aliphatic heterocycles. The molecule has 0 bridgehead atoms. The van der Waals surface area contributed by atoms with Crippen molar-refractivity contribution < 1.29 is 19.0 Å². The summed E-state index contributed by atoms with van der Waals surface area (Å²) in [4.78, 5) is 17.1. The maximum atomic E-state index is 12.5. The molecule has 0 radical (unpaired) electrons. The van der Waals surface area contributed by atoms with Crippen molar-refractivity contribution in [1.82, 2.24) is 20.1 Å². The number of nitrogens with zero attached hydrogens (tertiary/aromatic N) is 3. The molecule has 1 amide bonds. The Morgan fingerprint density at radius 1 is 1.10 bits per heavy atom. The third-order valence-electron chi connectivity index (χ3n) is 4.64. The molecule has 8 nitrogen and oxygen atoms in total. The van der Waals surface area contributed by atoms with Gasteiger partial charge in [0.05, 0.1) is 25.6 Å². The van der Waals surface area contributed by atoms with Crippen molar-refractivity contribution in [2.24, 2.45) is 0 Å². The summed E-state index contributed by atoms with van der Waals surface area (Å²) in [6, 6.07) is 9.32. The van der Waals surface area contributed by atoms with Gasteiger partial charge in [-0.2, -0.15) is 5.10 Å². The number of hydrogen-bond acceptors (Lipinski definition) is 6. The van der Waals surface area contributed by atoms with Crippen LogP contribution in [0.3, 0.4) is 0 Å². The quantitative estimate of drug-likeness (QED) is 0.612. The molecule has 3 aromatic rings. The first-order valence-corrected chi connectivity index (χ1v) is 9.59. The number of rotatable bonds is 8. The first kappa shape index (κ1) is 21.2. The number of pyridine rings is 1. The first-order chi connectivity index (χ1) is 14.5. The lowest BCUT2D eigenvalue weighted by molar-refractivity contribution is 0.0954. The van der Waals surface area contributed by atoms with Crippen LogP contribution in [0.15, 0.2) is 42.7 Å². The van der Waals surface area contributed by atoms with Crippen molar-refractivity contribution in [3.05, 3.63) is 53.9 Å². The number of hydrogen-bond donors (Lipinski definition) is 1. The minimum atomic E-state index is -0.329. The molecule has 0 saturated carbocycles. The summed E-state index contributed by atoms with van der Waals surface area (Å²) in [7, 11) is 4.56. The van der Waals surface area contributed by atoms with E-state index in [0.29, 0.717) is 17.2 Å². The Balaban J connectivity index is 1.97. The van der Waals surface area contributed by atoms with Crippen LogP contribution in [0.5, 0.6) is 17.2 Å². The van der Waals surface area contributed by atoms with Gasteiger partial charge in [0.2, 0.25) is 0 Å². The van der Waals surface area contributed by atoms with E-state index in [0.717, 1.165) is 17.0 Å². The molecule has 8 heteroatoms. The minimum Gasteiger partial charge on any atom is -0.493 e. The standard InChI is InChI=1S/C22H26N4O4/c1-14(2)26-16(10-12-25-26)20-15(7-6-11-24-20)13-30-17-8-9-18(28-4)21(29-5)19(17)22(27)23-3/h6-12,14H,13H2,1-5H3,(H,23,27). The summed E-state index contributed by atoms with van der Waals surface area (Å²) >= 11 is 0. The SMILES string of the molecule is CNC(=O)c1c(OCc2cccnc2-c2ccnn2C(C)C)ccc(OC)c1OC. The highest BCUT2D eigenvalue weighted by atomic mass is 16.5. The predicted molar refractivity (Wildman–Crippen MR) is 113 cm³/mol. The average molecular weight is 410 g/mol. The molecule has 2 heterocycles. The van der Waals surface area contributed by atoms with E-state index in [1.54, 1.807) is 31.6 Å². The van der Waals surface area contributed by atoms with E-state index >= 15 is 0 Å². The Hall–Kier alpha value is -3.55. The fraction of sp³-hybridized carbons (Fsp3) is 0.318. The second-order valence-corrected chi connectivity index (χ2v) is 6.81. The molecule has 1 aromatic carbocycles. The van der Waals surface area contributed by atoms with E-state index in [9.17, 15) is 4.79 Å². The highest BCUT2D eigenvalue weighted by molar-refractivity contribution is 6.00. The van der Waals surface area contributed by atoms with Gasteiger partial charge in [-0.25, -0.2) is 0 Å². The van der Waals surface area contributed by atoms with Crippen LogP contribution in [0.1, 0.15) is 35.8 Å². The molecule has 30 heavy (non-hydrogen) atoms. The third kappa shape index (κ3) is 4.07. The smallest absolute Gasteiger partial charge is 0.258 e. The van der Waals surface area contributed by atoms with Crippen LogP contribution in [0.4, 0.5) is 0 Å². The number of carbonyl (C=O) groups excluding carboxylic acids is 1. The fourth-order valence-electron chi connectivity index (χ4n) is 3.22. The summed E-state index contributed by atoms with van der Waals surface area (Å²) in [6.07, 6.45) is 3.50. The maximum Gasteiger partial charge on any atom is 0.258 e. The molecule has 158 valence electrons. The summed E-state index contributed by atoms with van der Waals surface area (Å²) in [5.41, 5.74) is 2.84. The van der Waals surface area contributed by atoms with Crippen LogP contribution in [-0.2, 0) is 6.61 Å². The fourth-order valence-corrected chi connectivity index (χ4v) is 3.22. The van der Waals surface area contributed by atoms with Gasteiger partial charge in [-0.05, 0) is 38.1 Å². The van der Waals surface area contributed by atoms with Gasteiger partial charge in [0.25, 0.3) is 5.91 Å². The Morgan fingerprint density at radius 2 is 1.87 bits per heavy atom. The van der Waals surface area contributed by atoms with E-state index in [2.05, 4.69) is 29.2 Å². The molecule has 0 unspecified atom stereocenters. The Bertz CT molecular complexity index is 1030. The lowest BCUT2D eigenvalue weighted by Gasteiger charge is -2.17. The second kappa shape index (κ2) is 9.30. The van der Waals surface area contributed by atoms with Crippen molar-refractivity contribution in [2.75, 3.05) is 21.3 Å². The van der Waals surface area contributed by atoms with Gasteiger partial charge in [-0.15, -0.1) is 0 Å². The minimum absolute atomic E-state index is 0.191. The normalized spacial score (nSPS) is 10.7. The molecule has 0 fully saturated rings. The Morgan fingerprint density at radius 3 is 2.53 bits per heavy atom. The molecule has 0 spiro atoms. The monoisotopic (exact) mass is 410 g/mol. The number of nitrogens with one attached hydrogen (secondary N) is 1. The largest absolute Gasteiger partial charge is 0.493 e. The molecule has 0 saturated heterocycles. The van der Waals surface area contributed by atoms with Crippen LogP contribution in [0, 0.1) is 0 Å². The summed E-state index contributed by atoms with van der Waals surface area (Å²) in [5, 5.41) is 7.02. The van der Waals surface area contributed by atoms with E-state index < -0.39 is 0 Å². The lowest BCUT2D eigenvalue weighted by atomic mass is 10.1. The molecule has 2 aromatic heterocycles. The van der Waals surface area contributed by atoms with Crippen LogP contribution in [-0.4, -0.2) is 41.9 Å². The molecule has 0 aliphatic carbocycles. The van der Waals surface area contributed by atoms with Crippen LogP contribution in [0.25, 0.3) is 11.4 Å². The summed E-state index contributed by atoms with van der Waals surface area (Å²) in [6.45, 7) is 4.34. The molecule has 0 atom stereocenters. The Labute approximate surface area is 175 Å². The Kier molecular flexibility index (Phi) is 6.56. The van der Waals surface area contributed by atoms with E-state index in [4.69, 9.17) is 14.2 Å². The van der Waals surface area contributed by atoms with E-state index in [1.807, 2.05) is 22.9 Å². The molecule has 1 N–H and O–H groups in total. The lowest BCUT2D eigenvalue weighted by Crippen LogP contribution is -2.20. The predicted octanol–water partition coefficient (Wildman–Crippen LogP) is 3.48. The number of benzene rings is 1. The van der Waals surface area contributed by atoms with Gasteiger partial charge < -0.3 is 19.5 Å². The zero-order chi connectivity index (χ0) is 21.7. The van der Waals surface area contributed by atoms with Crippen molar-refractivity contribution >= 4 is 5.91 Å². The summed E-state index contributed by atoms with van der Waals surface area (Å²) < 4.78 is 18.7. The van der Waals surface area contributed by atoms with Crippen molar-refractivity contribution in [2.45, 2.75) is 26.5 Å². The van der Waals surface area contributed by atoms with Gasteiger partial charge in [-0.3, -0.25) is 14.5 Å². The maximum absolute atomic E-state index is 12.5. The van der Waals surface area contributed by atoms with Gasteiger partial charge in [0.15, 0.2) is 11.5 Å². The topological polar surface area (TPSA) is 87.5 Å². The van der Waals surface area contributed by atoms with Crippen molar-refractivity contribution in [3.8, 4) is 28.6 Å². The highest BCUT2D eigenvalue weighted by Crippen LogP contribution is 2.38. The highest BCUT2D eigenvalue weighted by Gasteiger charge is 2.22. The number of ether oxygens (including phenoxy) is 3. The van der Waals surface area contributed by atoms with Gasteiger partial charge in [-0.1, -0.05) is 6.07 Å². The van der Waals surface area contributed by atoms with E-state index in [-0.39, 0.29) is 24.1 Å². The molecule has 0 aliphatic rings. The zero-order valence-corrected chi connectivity index (χ0v) is 17.8. The number of methoxy groups -OCH3 is 2. The average Bonchev–Trinajstić information content (AvgIpc) is 3.26. The zero-order valence-electron chi connectivity index (χ0n) is 17.8. The van der Waals surface area contributed by atoms with Gasteiger partial charge >= 0.3 is 0 Å². The molecular weight excluding hydrogens is 384 g/mol.